The Balaban J connectivity index is 2.24. The van der Waals surface area contributed by atoms with E-state index in [0.29, 0.717) is 31.7 Å². The number of nitrogens with zero attached hydrogens (tertiary/aromatic N) is 1. The second kappa shape index (κ2) is 8.19. The van der Waals surface area contributed by atoms with Crippen LogP contribution < -0.4 is 5.32 Å². The number of unbranched alkanes of at least 4 members (excludes halogenated alkanes) is 1. The first-order valence-corrected chi connectivity index (χ1v) is 8.76. The zero-order chi connectivity index (χ0) is 14.3. The Labute approximate surface area is 117 Å². The second-order valence-corrected chi connectivity index (χ2v) is 7.69. The molecule has 0 amide bonds. The quantitative estimate of drug-likeness (QED) is 0.646. The van der Waals surface area contributed by atoms with Crippen LogP contribution in [0, 0.1) is 5.92 Å². The van der Waals surface area contributed by atoms with Crippen molar-refractivity contribution in [1.82, 2.24) is 9.62 Å². The lowest BCUT2D eigenvalue weighted by atomic mass is 10.1. The molecule has 1 aliphatic rings. The van der Waals surface area contributed by atoms with Crippen molar-refractivity contribution in [1.29, 1.82) is 0 Å². The van der Waals surface area contributed by atoms with Gasteiger partial charge in [0.15, 0.2) is 0 Å². The van der Waals surface area contributed by atoms with Gasteiger partial charge in [0, 0.05) is 26.2 Å². The highest BCUT2D eigenvalue weighted by Gasteiger charge is 2.30. The third-order valence-corrected chi connectivity index (χ3v) is 5.35. The maximum atomic E-state index is 12.1. The van der Waals surface area contributed by atoms with Crippen LogP contribution in [0.1, 0.15) is 33.1 Å². The summed E-state index contributed by atoms with van der Waals surface area (Å²) in [5.41, 5.74) is 0. The average molecular weight is 292 g/mol. The lowest BCUT2D eigenvalue weighted by Gasteiger charge is -2.16. The van der Waals surface area contributed by atoms with Crippen LogP contribution in [0.25, 0.3) is 0 Å². The first-order chi connectivity index (χ1) is 8.95. The summed E-state index contributed by atoms with van der Waals surface area (Å²) in [5, 5.41) is 3.30. The van der Waals surface area contributed by atoms with Gasteiger partial charge in [0.2, 0.25) is 10.0 Å². The minimum Gasteiger partial charge on any atom is -0.384 e. The number of hydrogen-bond donors (Lipinski definition) is 1. The van der Waals surface area contributed by atoms with Gasteiger partial charge in [-0.3, -0.25) is 0 Å². The van der Waals surface area contributed by atoms with E-state index in [1.807, 2.05) is 0 Å². The number of sulfonamides is 1. The van der Waals surface area contributed by atoms with Crippen molar-refractivity contribution in [3.05, 3.63) is 0 Å². The molecular formula is C13H28N2O3S. The molecule has 6 heteroatoms. The predicted molar refractivity (Wildman–Crippen MR) is 77.7 cm³/mol. The summed E-state index contributed by atoms with van der Waals surface area (Å²) in [4.78, 5) is 0. The molecule has 114 valence electrons. The Bertz CT molecular complexity index is 344. The Hall–Kier alpha value is -0.170. The highest BCUT2D eigenvalue weighted by atomic mass is 32.2. The Kier molecular flexibility index (Phi) is 7.28. The Morgan fingerprint density at radius 2 is 2.11 bits per heavy atom. The van der Waals surface area contributed by atoms with Gasteiger partial charge in [-0.1, -0.05) is 13.8 Å². The van der Waals surface area contributed by atoms with E-state index >= 15 is 0 Å². The van der Waals surface area contributed by atoms with Crippen LogP contribution in [0.5, 0.6) is 0 Å². The van der Waals surface area contributed by atoms with Crippen LogP contribution in [-0.2, 0) is 14.8 Å². The number of rotatable bonds is 9. The van der Waals surface area contributed by atoms with Crippen molar-refractivity contribution in [3.8, 4) is 0 Å². The van der Waals surface area contributed by atoms with E-state index in [-0.39, 0.29) is 5.75 Å². The summed E-state index contributed by atoms with van der Waals surface area (Å²) in [6.07, 6.45) is 2.56. The maximum absolute atomic E-state index is 12.1. The summed E-state index contributed by atoms with van der Waals surface area (Å²) >= 11 is 0. The molecule has 0 saturated carbocycles. The molecule has 0 aromatic rings. The molecule has 0 aromatic carbocycles. The fourth-order valence-electron chi connectivity index (χ4n) is 2.35. The third kappa shape index (κ3) is 6.21. The van der Waals surface area contributed by atoms with Gasteiger partial charge in [0.25, 0.3) is 0 Å². The van der Waals surface area contributed by atoms with E-state index in [1.165, 1.54) is 0 Å². The van der Waals surface area contributed by atoms with Crippen LogP contribution >= 0.6 is 0 Å². The number of nitrogens with one attached hydrogen (secondary N) is 1. The first-order valence-electron chi connectivity index (χ1n) is 7.16. The normalized spacial score (nSPS) is 21.4. The molecule has 1 N–H and O–H groups in total. The van der Waals surface area contributed by atoms with Crippen LogP contribution in [0.3, 0.4) is 0 Å². The summed E-state index contributed by atoms with van der Waals surface area (Å²) < 4.78 is 31.0. The zero-order valence-corrected chi connectivity index (χ0v) is 13.2. The Morgan fingerprint density at radius 3 is 2.74 bits per heavy atom. The van der Waals surface area contributed by atoms with Crippen molar-refractivity contribution < 1.29 is 13.2 Å². The predicted octanol–water partition coefficient (Wildman–Crippen LogP) is 1.06. The average Bonchev–Trinajstić information content (AvgIpc) is 2.78. The lowest BCUT2D eigenvalue weighted by Crippen LogP contribution is -2.32. The van der Waals surface area contributed by atoms with E-state index in [1.54, 1.807) is 11.4 Å². The van der Waals surface area contributed by atoms with Crippen LogP contribution in [0.2, 0.25) is 0 Å². The monoisotopic (exact) mass is 292 g/mol. The van der Waals surface area contributed by atoms with E-state index in [2.05, 4.69) is 19.2 Å². The molecule has 1 heterocycles. The largest absolute Gasteiger partial charge is 0.384 e. The van der Waals surface area contributed by atoms with E-state index in [4.69, 9.17) is 4.74 Å². The van der Waals surface area contributed by atoms with Gasteiger partial charge in [-0.2, -0.15) is 0 Å². The van der Waals surface area contributed by atoms with Gasteiger partial charge in [-0.25, -0.2) is 12.7 Å². The van der Waals surface area contributed by atoms with Crippen molar-refractivity contribution in [2.24, 2.45) is 5.92 Å². The van der Waals surface area contributed by atoms with Gasteiger partial charge in [0.1, 0.15) is 0 Å². The molecular weight excluding hydrogens is 264 g/mol. The second-order valence-electron chi connectivity index (χ2n) is 5.60. The van der Waals surface area contributed by atoms with Gasteiger partial charge in [-0.05, 0) is 31.7 Å². The van der Waals surface area contributed by atoms with Crippen molar-refractivity contribution in [2.75, 3.05) is 39.1 Å². The summed E-state index contributed by atoms with van der Waals surface area (Å²) in [6.45, 7) is 7.01. The van der Waals surface area contributed by atoms with Crippen LogP contribution in [-0.4, -0.2) is 57.9 Å². The fraction of sp³-hybridized carbons (Fsp3) is 1.00. The van der Waals surface area contributed by atoms with Gasteiger partial charge in [0.05, 0.1) is 12.4 Å². The molecule has 0 aliphatic carbocycles. The molecule has 1 unspecified atom stereocenters. The summed E-state index contributed by atoms with van der Waals surface area (Å²) in [7, 11) is -1.40. The standard InChI is InChI=1S/C13H28N2O3S/c1-12(2)14-7-4-5-9-19(16,17)15-8-6-13(10-15)11-18-3/h12-14H,4-11H2,1-3H3. The number of methoxy groups -OCH3 is 1. The van der Waals surface area contributed by atoms with Crippen LogP contribution in [0.15, 0.2) is 0 Å². The maximum Gasteiger partial charge on any atom is 0.214 e. The lowest BCUT2D eigenvalue weighted by molar-refractivity contribution is 0.157. The smallest absolute Gasteiger partial charge is 0.214 e. The molecule has 0 spiro atoms. The first kappa shape index (κ1) is 16.9. The molecule has 5 nitrogen and oxygen atoms in total. The molecule has 1 saturated heterocycles. The fourth-order valence-corrected chi connectivity index (χ4v) is 4.00. The molecule has 0 bridgehead atoms. The summed E-state index contributed by atoms with van der Waals surface area (Å²) in [5.74, 6) is 0.634. The highest BCUT2D eigenvalue weighted by Crippen LogP contribution is 2.20. The van der Waals surface area contributed by atoms with Crippen molar-refractivity contribution in [3.63, 3.8) is 0 Å². The molecule has 19 heavy (non-hydrogen) atoms. The van der Waals surface area contributed by atoms with E-state index in [9.17, 15) is 8.42 Å². The highest BCUT2D eigenvalue weighted by molar-refractivity contribution is 7.89. The minimum atomic E-state index is -3.06. The molecule has 0 aromatic heterocycles. The number of ether oxygens (including phenoxy) is 1. The van der Waals surface area contributed by atoms with Gasteiger partial charge >= 0.3 is 0 Å². The Morgan fingerprint density at radius 1 is 1.37 bits per heavy atom. The van der Waals surface area contributed by atoms with Crippen LogP contribution in [0.4, 0.5) is 0 Å². The topological polar surface area (TPSA) is 58.6 Å². The van der Waals surface area contributed by atoms with E-state index in [0.717, 1.165) is 25.8 Å². The third-order valence-electron chi connectivity index (χ3n) is 3.43. The van der Waals surface area contributed by atoms with E-state index < -0.39 is 10.0 Å². The molecule has 1 atom stereocenters. The number of hydrogen-bond acceptors (Lipinski definition) is 4. The van der Waals surface area contributed by atoms with Crippen molar-refractivity contribution in [2.45, 2.75) is 39.2 Å². The van der Waals surface area contributed by atoms with Gasteiger partial charge in [-0.15, -0.1) is 0 Å². The van der Waals surface area contributed by atoms with Crippen molar-refractivity contribution >= 4 is 10.0 Å². The summed E-state index contributed by atoms with van der Waals surface area (Å²) in [6, 6.07) is 0.463. The molecule has 0 radical (unpaired) electrons. The molecule has 1 fully saturated rings. The molecule has 1 rings (SSSR count). The molecule has 1 aliphatic heterocycles. The minimum absolute atomic E-state index is 0.270. The SMILES string of the molecule is COCC1CCN(S(=O)(=O)CCCCNC(C)C)C1. The zero-order valence-electron chi connectivity index (χ0n) is 12.4. The van der Waals surface area contributed by atoms with Gasteiger partial charge < -0.3 is 10.1 Å².